The molecule has 0 spiro atoms. The van der Waals surface area contributed by atoms with Crippen molar-refractivity contribution in [2.45, 2.75) is 20.4 Å². The molecule has 2 aromatic carbocycles. The molecule has 2 aromatic rings. The molecule has 20 heavy (non-hydrogen) atoms. The largest absolute Gasteiger partial charge is 0.342 e. The highest BCUT2D eigenvalue weighted by molar-refractivity contribution is 6.31. The van der Waals surface area contributed by atoms with Crippen molar-refractivity contribution in [3.05, 3.63) is 58.6 Å². The second-order valence-corrected chi connectivity index (χ2v) is 5.29. The normalized spacial score (nSPS) is 10.6. The Morgan fingerprint density at radius 3 is 2.25 bits per heavy atom. The van der Waals surface area contributed by atoms with Gasteiger partial charge in [0.1, 0.15) is 0 Å². The highest BCUT2D eigenvalue weighted by Crippen LogP contribution is 2.29. The molecule has 2 nitrogen and oxygen atoms in total. The Morgan fingerprint density at radius 1 is 1.05 bits per heavy atom. The molecule has 0 bridgehead atoms. The van der Waals surface area contributed by atoms with Gasteiger partial charge in [0.15, 0.2) is 0 Å². The molecule has 0 heterocycles. The van der Waals surface area contributed by atoms with Crippen molar-refractivity contribution in [1.29, 1.82) is 0 Å². The lowest BCUT2D eigenvalue weighted by molar-refractivity contribution is 0.818. The predicted octanol–water partition coefficient (Wildman–Crippen LogP) is 4.53. The number of hydrogen-bond acceptors (Lipinski definition) is 2. The monoisotopic (exact) mass is 288 g/mol. The number of halogens is 1. The summed E-state index contributed by atoms with van der Waals surface area (Å²) >= 11 is 6.36. The SMILES string of the molecule is CCN(c1ccc(C)cc1)c1ccc(CNC)c(Cl)c1. The standard InChI is InChI=1S/C17H21ClN2/c1-4-20(15-8-5-13(2)6-9-15)16-10-7-14(12-19-3)17(18)11-16/h5-11,19H,4,12H2,1-3H3. The zero-order valence-corrected chi connectivity index (χ0v) is 13.0. The van der Waals surface area contributed by atoms with Crippen molar-refractivity contribution < 1.29 is 0 Å². The second-order valence-electron chi connectivity index (χ2n) is 4.89. The third kappa shape index (κ3) is 3.33. The smallest absolute Gasteiger partial charge is 0.0471 e. The van der Waals surface area contributed by atoms with Crippen LogP contribution >= 0.6 is 11.6 Å². The Labute approximate surface area is 126 Å². The van der Waals surface area contributed by atoms with Crippen molar-refractivity contribution in [3.63, 3.8) is 0 Å². The van der Waals surface area contributed by atoms with Gasteiger partial charge < -0.3 is 10.2 Å². The summed E-state index contributed by atoms with van der Waals surface area (Å²) in [5.74, 6) is 0. The van der Waals surface area contributed by atoms with Crippen LogP contribution in [0.1, 0.15) is 18.1 Å². The Morgan fingerprint density at radius 2 is 1.70 bits per heavy atom. The molecule has 1 N–H and O–H groups in total. The van der Waals surface area contributed by atoms with Gasteiger partial charge in [0.25, 0.3) is 0 Å². The third-order valence-electron chi connectivity index (χ3n) is 3.38. The topological polar surface area (TPSA) is 15.3 Å². The fourth-order valence-corrected chi connectivity index (χ4v) is 2.52. The van der Waals surface area contributed by atoms with E-state index in [4.69, 9.17) is 11.6 Å². The third-order valence-corrected chi connectivity index (χ3v) is 3.73. The van der Waals surface area contributed by atoms with E-state index in [0.717, 1.165) is 29.4 Å². The predicted molar refractivity (Wildman–Crippen MR) is 88.1 cm³/mol. The van der Waals surface area contributed by atoms with Crippen molar-refractivity contribution in [2.75, 3.05) is 18.5 Å². The van der Waals surface area contributed by atoms with Gasteiger partial charge in [-0.1, -0.05) is 35.4 Å². The Bertz CT molecular complexity index is 564. The summed E-state index contributed by atoms with van der Waals surface area (Å²) in [6.07, 6.45) is 0. The van der Waals surface area contributed by atoms with Gasteiger partial charge >= 0.3 is 0 Å². The van der Waals surface area contributed by atoms with E-state index in [2.05, 4.69) is 60.5 Å². The van der Waals surface area contributed by atoms with E-state index < -0.39 is 0 Å². The summed E-state index contributed by atoms with van der Waals surface area (Å²) < 4.78 is 0. The number of nitrogens with one attached hydrogen (secondary N) is 1. The summed E-state index contributed by atoms with van der Waals surface area (Å²) in [7, 11) is 1.93. The zero-order chi connectivity index (χ0) is 14.5. The molecule has 0 aliphatic carbocycles. The molecule has 0 radical (unpaired) electrons. The fraction of sp³-hybridized carbons (Fsp3) is 0.294. The van der Waals surface area contributed by atoms with Crippen LogP contribution in [0.25, 0.3) is 0 Å². The molecule has 0 atom stereocenters. The molecule has 3 heteroatoms. The highest BCUT2D eigenvalue weighted by Gasteiger charge is 2.09. The Kier molecular flexibility index (Phi) is 5.05. The Balaban J connectivity index is 2.32. The van der Waals surface area contributed by atoms with Gasteiger partial charge in [-0.15, -0.1) is 0 Å². The van der Waals surface area contributed by atoms with Crippen molar-refractivity contribution in [3.8, 4) is 0 Å². The van der Waals surface area contributed by atoms with Gasteiger partial charge in [-0.05, 0) is 50.7 Å². The quantitative estimate of drug-likeness (QED) is 0.870. The van der Waals surface area contributed by atoms with E-state index in [9.17, 15) is 0 Å². The molecule has 2 rings (SSSR count). The van der Waals surface area contributed by atoms with Crippen LogP contribution in [0.3, 0.4) is 0 Å². The maximum Gasteiger partial charge on any atom is 0.0471 e. The van der Waals surface area contributed by atoms with Crippen LogP contribution in [-0.4, -0.2) is 13.6 Å². The fourth-order valence-electron chi connectivity index (χ4n) is 2.28. The molecule has 0 aromatic heterocycles. The van der Waals surface area contributed by atoms with Crippen LogP contribution in [0.4, 0.5) is 11.4 Å². The van der Waals surface area contributed by atoms with Crippen LogP contribution in [0.5, 0.6) is 0 Å². The molecule has 0 aliphatic heterocycles. The first-order valence-electron chi connectivity index (χ1n) is 6.93. The van der Waals surface area contributed by atoms with E-state index in [1.54, 1.807) is 0 Å². The minimum atomic E-state index is 0.787. The van der Waals surface area contributed by atoms with Crippen LogP contribution in [-0.2, 0) is 6.54 Å². The molecule has 0 unspecified atom stereocenters. The molecule has 0 amide bonds. The van der Waals surface area contributed by atoms with E-state index in [-0.39, 0.29) is 0 Å². The number of nitrogens with zero attached hydrogens (tertiary/aromatic N) is 1. The van der Waals surface area contributed by atoms with Gasteiger partial charge in [0.05, 0.1) is 0 Å². The number of rotatable bonds is 5. The first kappa shape index (κ1) is 14.9. The number of benzene rings is 2. The lowest BCUT2D eigenvalue weighted by Gasteiger charge is -2.24. The minimum Gasteiger partial charge on any atom is -0.342 e. The average molecular weight is 289 g/mol. The summed E-state index contributed by atoms with van der Waals surface area (Å²) in [4.78, 5) is 2.26. The molecule has 0 saturated heterocycles. The van der Waals surface area contributed by atoms with Crippen molar-refractivity contribution in [1.82, 2.24) is 5.32 Å². The van der Waals surface area contributed by atoms with Gasteiger partial charge in [-0.25, -0.2) is 0 Å². The van der Waals surface area contributed by atoms with Crippen LogP contribution < -0.4 is 10.2 Å². The van der Waals surface area contributed by atoms with Gasteiger partial charge in [-0.3, -0.25) is 0 Å². The summed E-state index contributed by atoms with van der Waals surface area (Å²) in [5.41, 5.74) is 4.71. The summed E-state index contributed by atoms with van der Waals surface area (Å²) in [6, 6.07) is 14.8. The maximum absolute atomic E-state index is 6.36. The van der Waals surface area contributed by atoms with E-state index in [1.165, 1.54) is 11.3 Å². The van der Waals surface area contributed by atoms with Crippen LogP contribution in [0, 0.1) is 6.92 Å². The number of aryl methyl sites for hydroxylation is 1. The number of hydrogen-bond donors (Lipinski definition) is 1. The number of anilines is 2. The van der Waals surface area contributed by atoms with Gasteiger partial charge in [0.2, 0.25) is 0 Å². The van der Waals surface area contributed by atoms with Crippen molar-refractivity contribution in [2.24, 2.45) is 0 Å². The zero-order valence-electron chi connectivity index (χ0n) is 12.3. The lowest BCUT2D eigenvalue weighted by Crippen LogP contribution is -2.16. The molecule has 0 fully saturated rings. The first-order valence-corrected chi connectivity index (χ1v) is 7.30. The molecule has 0 aliphatic rings. The maximum atomic E-state index is 6.36. The van der Waals surface area contributed by atoms with E-state index >= 15 is 0 Å². The lowest BCUT2D eigenvalue weighted by atomic mass is 10.1. The van der Waals surface area contributed by atoms with Crippen molar-refractivity contribution >= 4 is 23.0 Å². The van der Waals surface area contributed by atoms with Crippen LogP contribution in [0.2, 0.25) is 5.02 Å². The second kappa shape index (κ2) is 6.78. The molecular weight excluding hydrogens is 268 g/mol. The molecule has 0 saturated carbocycles. The van der Waals surface area contributed by atoms with Crippen LogP contribution in [0.15, 0.2) is 42.5 Å². The summed E-state index contributed by atoms with van der Waals surface area (Å²) in [5, 5.41) is 3.94. The first-order chi connectivity index (χ1) is 9.65. The summed E-state index contributed by atoms with van der Waals surface area (Å²) in [6.45, 7) is 5.94. The Hall–Kier alpha value is -1.51. The minimum absolute atomic E-state index is 0.787. The van der Waals surface area contributed by atoms with E-state index in [0.29, 0.717) is 0 Å². The molecular formula is C17H21ClN2. The van der Waals surface area contributed by atoms with Gasteiger partial charge in [0, 0.05) is 29.5 Å². The molecule has 106 valence electrons. The highest BCUT2D eigenvalue weighted by atomic mass is 35.5. The van der Waals surface area contributed by atoms with E-state index in [1.807, 2.05) is 13.1 Å². The average Bonchev–Trinajstić information content (AvgIpc) is 2.45. The van der Waals surface area contributed by atoms with Gasteiger partial charge in [-0.2, -0.15) is 0 Å².